The predicted octanol–water partition coefficient (Wildman–Crippen LogP) is 2.30. The summed E-state index contributed by atoms with van der Waals surface area (Å²) < 4.78 is 25.0. The van der Waals surface area contributed by atoms with E-state index < -0.39 is 9.84 Å². The second kappa shape index (κ2) is 6.61. The number of hydrogen-bond acceptors (Lipinski definition) is 5. The highest BCUT2D eigenvalue weighted by Crippen LogP contribution is 2.27. The molecular weight excluding hydrogens is 388 g/mol. The molecule has 2 aromatic heterocycles. The van der Waals surface area contributed by atoms with Crippen LogP contribution in [0, 0.1) is 6.92 Å². The van der Waals surface area contributed by atoms with Crippen molar-refractivity contribution >= 4 is 38.5 Å². The van der Waals surface area contributed by atoms with Crippen molar-refractivity contribution in [2.45, 2.75) is 19.4 Å². The molecule has 0 aliphatic carbocycles. The van der Waals surface area contributed by atoms with Crippen LogP contribution in [0.15, 0.2) is 36.5 Å². The van der Waals surface area contributed by atoms with E-state index in [0.29, 0.717) is 34.2 Å². The summed E-state index contributed by atoms with van der Waals surface area (Å²) in [5.41, 5.74) is 2.38. The largest absolute Gasteiger partial charge is 0.348 e. The number of halogens is 1. The molecule has 27 heavy (non-hydrogen) atoms. The van der Waals surface area contributed by atoms with Gasteiger partial charge in [-0.05, 0) is 43.7 Å². The summed E-state index contributed by atoms with van der Waals surface area (Å²) in [7, 11) is -3.06. The SMILES string of the molecule is Cc1nc2cccnc2n1-c1cc(C(=O)N[C@@H]2CCS(=O)(=O)C2)ccc1Cl. The first kappa shape index (κ1) is 17.9. The fourth-order valence-electron chi connectivity index (χ4n) is 3.32. The van der Waals surface area contributed by atoms with E-state index in [9.17, 15) is 13.2 Å². The summed E-state index contributed by atoms with van der Waals surface area (Å²) in [6, 6.07) is 8.23. The maximum Gasteiger partial charge on any atom is 0.251 e. The van der Waals surface area contributed by atoms with Crippen molar-refractivity contribution in [2.24, 2.45) is 0 Å². The summed E-state index contributed by atoms with van der Waals surface area (Å²) in [6.45, 7) is 1.84. The molecule has 1 saturated heterocycles. The number of carbonyl (C=O) groups excluding carboxylic acids is 1. The van der Waals surface area contributed by atoms with Gasteiger partial charge in [0, 0.05) is 17.8 Å². The minimum Gasteiger partial charge on any atom is -0.348 e. The van der Waals surface area contributed by atoms with Crippen molar-refractivity contribution in [3.8, 4) is 5.69 Å². The molecule has 0 bridgehead atoms. The first-order chi connectivity index (χ1) is 12.8. The fourth-order valence-corrected chi connectivity index (χ4v) is 5.19. The molecule has 0 radical (unpaired) electrons. The zero-order chi connectivity index (χ0) is 19.2. The summed E-state index contributed by atoms with van der Waals surface area (Å²) in [6.07, 6.45) is 2.11. The minimum absolute atomic E-state index is 0.0195. The molecule has 0 spiro atoms. The van der Waals surface area contributed by atoms with E-state index in [1.165, 1.54) is 0 Å². The maximum absolute atomic E-state index is 12.6. The molecule has 1 fully saturated rings. The Kier molecular flexibility index (Phi) is 4.39. The summed E-state index contributed by atoms with van der Waals surface area (Å²) in [5.74, 6) is 0.458. The van der Waals surface area contributed by atoms with Crippen LogP contribution >= 0.6 is 11.6 Å². The lowest BCUT2D eigenvalue weighted by molar-refractivity contribution is 0.0941. The average Bonchev–Trinajstić information content (AvgIpc) is 3.13. The molecule has 1 aliphatic rings. The number of pyridine rings is 1. The molecule has 3 aromatic rings. The van der Waals surface area contributed by atoms with Crippen LogP contribution in [0.5, 0.6) is 0 Å². The van der Waals surface area contributed by atoms with Gasteiger partial charge in [-0.25, -0.2) is 18.4 Å². The van der Waals surface area contributed by atoms with Gasteiger partial charge in [0.05, 0.1) is 22.2 Å². The summed E-state index contributed by atoms with van der Waals surface area (Å²) in [5, 5.41) is 3.25. The number of aromatic nitrogens is 3. The van der Waals surface area contributed by atoms with E-state index in [2.05, 4.69) is 15.3 Å². The lowest BCUT2D eigenvalue weighted by Crippen LogP contribution is -2.35. The van der Waals surface area contributed by atoms with Crippen LogP contribution in [0.3, 0.4) is 0 Å². The minimum atomic E-state index is -3.06. The molecule has 140 valence electrons. The Morgan fingerprint density at radius 2 is 2.15 bits per heavy atom. The molecule has 1 aromatic carbocycles. The third kappa shape index (κ3) is 3.42. The van der Waals surface area contributed by atoms with E-state index in [1.807, 2.05) is 13.0 Å². The highest BCUT2D eigenvalue weighted by molar-refractivity contribution is 7.91. The topological polar surface area (TPSA) is 93.9 Å². The van der Waals surface area contributed by atoms with E-state index in [0.717, 1.165) is 5.52 Å². The fraction of sp³-hybridized carbons (Fsp3) is 0.278. The number of imidazole rings is 1. The molecule has 4 rings (SSSR count). The maximum atomic E-state index is 12.6. The average molecular weight is 405 g/mol. The van der Waals surface area contributed by atoms with Crippen LogP contribution in [0.4, 0.5) is 0 Å². The molecule has 7 nitrogen and oxygen atoms in total. The Morgan fingerprint density at radius 1 is 1.33 bits per heavy atom. The molecular formula is C18H17ClN4O3S. The number of hydrogen-bond donors (Lipinski definition) is 1. The van der Waals surface area contributed by atoms with E-state index in [1.54, 1.807) is 35.0 Å². The number of benzene rings is 1. The molecule has 9 heteroatoms. The van der Waals surface area contributed by atoms with Crippen molar-refractivity contribution in [2.75, 3.05) is 11.5 Å². The summed E-state index contributed by atoms with van der Waals surface area (Å²) in [4.78, 5) is 21.5. The zero-order valence-electron chi connectivity index (χ0n) is 14.5. The zero-order valence-corrected chi connectivity index (χ0v) is 16.1. The van der Waals surface area contributed by atoms with Crippen LogP contribution in [0.25, 0.3) is 16.9 Å². The molecule has 0 unspecified atom stereocenters. The molecule has 1 N–H and O–H groups in total. The van der Waals surface area contributed by atoms with Crippen molar-refractivity contribution in [3.63, 3.8) is 0 Å². The number of nitrogens with zero attached hydrogens (tertiary/aromatic N) is 3. The Bertz CT molecular complexity index is 1160. The van der Waals surface area contributed by atoms with Gasteiger partial charge >= 0.3 is 0 Å². The number of fused-ring (bicyclic) bond motifs is 1. The van der Waals surface area contributed by atoms with E-state index in [4.69, 9.17) is 11.6 Å². The van der Waals surface area contributed by atoms with Gasteiger partial charge in [0.25, 0.3) is 5.91 Å². The highest BCUT2D eigenvalue weighted by atomic mass is 35.5. The monoisotopic (exact) mass is 404 g/mol. The van der Waals surface area contributed by atoms with Crippen molar-refractivity contribution in [1.29, 1.82) is 0 Å². The third-order valence-corrected chi connectivity index (χ3v) is 6.69. The standard InChI is InChI=1S/C18H17ClN4O3S/c1-11-21-15-3-2-7-20-17(15)23(11)16-9-12(4-5-14(16)19)18(24)22-13-6-8-27(25,26)10-13/h2-5,7,9,13H,6,8,10H2,1H3,(H,22,24)/t13-/m1/s1. The molecule has 3 heterocycles. The van der Waals surface area contributed by atoms with Gasteiger partial charge in [-0.3, -0.25) is 9.36 Å². The molecule has 1 aliphatic heterocycles. The van der Waals surface area contributed by atoms with E-state index in [-0.39, 0.29) is 23.5 Å². The highest BCUT2D eigenvalue weighted by Gasteiger charge is 2.29. The Morgan fingerprint density at radius 3 is 2.89 bits per heavy atom. The van der Waals surface area contributed by atoms with Crippen LogP contribution < -0.4 is 5.32 Å². The molecule has 0 saturated carbocycles. The number of sulfone groups is 1. The van der Waals surface area contributed by atoms with Crippen LogP contribution in [-0.4, -0.2) is 46.4 Å². The first-order valence-electron chi connectivity index (χ1n) is 8.45. The van der Waals surface area contributed by atoms with Gasteiger partial charge in [0.1, 0.15) is 11.3 Å². The molecule has 1 amide bonds. The Hall–Kier alpha value is -2.45. The van der Waals surface area contributed by atoms with Crippen molar-refractivity contribution in [3.05, 3.63) is 52.9 Å². The number of nitrogens with one attached hydrogen (secondary N) is 1. The van der Waals surface area contributed by atoms with Gasteiger partial charge in [0.15, 0.2) is 15.5 Å². The van der Waals surface area contributed by atoms with Crippen molar-refractivity contribution < 1.29 is 13.2 Å². The van der Waals surface area contributed by atoms with Gasteiger partial charge in [0.2, 0.25) is 0 Å². The van der Waals surface area contributed by atoms with Crippen LogP contribution in [0.2, 0.25) is 5.02 Å². The normalized spacial score (nSPS) is 18.7. The van der Waals surface area contributed by atoms with Gasteiger partial charge in [-0.15, -0.1) is 0 Å². The molecule has 1 atom stereocenters. The smallest absolute Gasteiger partial charge is 0.251 e. The second-order valence-corrected chi connectivity index (χ2v) is 9.22. The van der Waals surface area contributed by atoms with E-state index >= 15 is 0 Å². The van der Waals surface area contributed by atoms with Crippen LogP contribution in [-0.2, 0) is 9.84 Å². The quantitative estimate of drug-likeness (QED) is 0.722. The number of amides is 1. The third-order valence-electron chi connectivity index (χ3n) is 4.60. The van der Waals surface area contributed by atoms with Crippen LogP contribution in [0.1, 0.15) is 22.6 Å². The lowest BCUT2D eigenvalue weighted by Gasteiger charge is -2.13. The first-order valence-corrected chi connectivity index (χ1v) is 10.7. The Balaban J connectivity index is 1.69. The van der Waals surface area contributed by atoms with Gasteiger partial charge < -0.3 is 5.32 Å². The number of aryl methyl sites for hydroxylation is 1. The Labute approximate surface area is 161 Å². The van der Waals surface area contributed by atoms with Gasteiger partial charge in [-0.1, -0.05) is 11.6 Å². The predicted molar refractivity (Wildman–Crippen MR) is 103 cm³/mol. The second-order valence-electron chi connectivity index (χ2n) is 6.58. The number of rotatable bonds is 3. The number of carbonyl (C=O) groups is 1. The van der Waals surface area contributed by atoms with Gasteiger partial charge in [-0.2, -0.15) is 0 Å². The summed E-state index contributed by atoms with van der Waals surface area (Å²) >= 11 is 6.38. The van der Waals surface area contributed by atoms with Crippen molar-refractivity contribution in [1.82, 2.24) is 19.9 Å². The lowest BCUT2D eigenvalue weighted by atomic mass is 10.1.